The Morgan fingerprint density at radius 3 is 2.92 bits per heavy atom. The highest BCUT2D eigenvalue weighted by Crippen LogP contribution is 2.25. The van der Waals surface area contributed by atoms with E-state index >= 15 is 0 Å². The number of piperidine rings is 1. The lowest BCUT2D eigenvalue weighted by molar-refractivity contribution is -0.140. The third-order valence-electron chi connectivity index (χ3n) is 4.65. The number of amides is 1. The van der Waals surface area contributed by atoms with Gasteiger partial charge in [-0.2, -0.15) is 4.98 Å². The maximum absolute atomic E-state index is 12.6. The topological polar surface area (TPSA) is 88.7 Å². The highest BCUT2D eigenvalue weighted by atomic mass is 16.5. The Morgan fingerprint density at radius 1 is 1.38 bits per heavy atom. The van der Waals surface area contributed by atoms with Crippen molar-refractivity contribution in [3.63, 3.8) is 0 Å². The van der Waals surface area contributed by atoms with Gasteiger partial charge >= 0.3 is 0 Å². The molecule has 1 atom stereocenters. The molecule has 1 fully saturated rings. The number of aliphatic hydroxyl groups is 1. The van der Waals surface area contributed by atoms with Gasteiger partial charge in [0, 0.05) is 13.1 Å². The zero-order chi connectivity index (χ0) is 18.7. The molecule has 7 nitrogen and oxygen atoms in total. The van der Waals surface area contributed by atoms with E-state index in [9.17, 15) is 9.90 Å². The standard InChI is InChI=1S/C19H25N3O4/c1-13-5-6-14(2)16(9-13)25-11-18(23)22-8-4-7-19(24,12-22)10-17-20-15(3)21-26-17/h5-6,9,24H,4,7-8,10-12H2,1-3H3. The van der Waals surface area contributed by atoms with Gasteiger partial charge in [0.05, 0.1) is 12.0 Å². The van der Waals surface area contributed by atoms with Gasteiger partial charge in [-0.15, -0.1) is 0 Å². The summed E-state index contributed by atoms with van der Waals surface area (Å²) < 4.78 is 10.8. The van der Waals surface area contributed by atoms with Crippen LogP contribution in [0, 0.1) is 20.8 Å². The second-order valence-electron chi connectivity index (χ2n) is 7.11. The normalized spacial score (nSPS) is 20.2. The number of aryl methyl sites for hydroxylation is 3. The predicted molar refractivity (Wildman–Crippen MR) is 94.9 cm³/mol. The molecule has 1 aliphatic heterocycles. The van der Waals surface area contributed by atoms with E-state index < -0.39 is 5.60 Å². The highest BCUT2D eigenvalue weighted by molar-refractivity contribution is 5.78. The highest BCUT2D eigenvalue weighted by Gasteiger charge is 2.37. The van der Waals surface area contributed by atoms with Crippen molar-refractivity contribution in [3.8, 4) is 5.75 Å². The average molecular weight is 359 g/mol. The monoisotopic (exact) mass is 359 g/mol. The molecule has 140 valence electrons. The zero-order valence-corrected chi connectivity index (χ0v) is 15.5. The van der Waals surface area contributed by atoms with Crippen molar-refractivity contribution in [2.24, 2.45) is 0 Å². The van der Waals surface area contributed by atoms with E-state index in [-0.39, 0.29) is 25.5 Å². The van der Waals surface area contributed by atoms with Gasteiger partial charge in [0.2, 0.25) is 5.89 Å². The molecule has 1 amide bonds. The van der Waals surface area contributed by atoms with Crippen LogP contribution in [-0.4, -0.2) is 51.4 Å². The number of carbonyl (C=O) groups is 1. The minimum atomic E-state index is -1.05. The second kappa shape index (κ2) is 7.45. The first kappa shape index (κ1) is 18.4. The van der Waals surface area contributed by atoms with Crippen molar-refractivity contribution in [2.75, 3.05) is 19.7 Å². The lowest BCUT2D eigenvalue weighted by Crippen LogP contribution is -2.52. The predicted octanol–water partition coefficient (Wildman–Crippen LogP) is 1.97. The molecule has 2 heterocycles. The van der Waals surface area contributed by atoms with Gasteiger partial charge in [-0.05, 0) is 50.8 Å². The van der Waals surface area contributed by atoms with Crippen molar-refractivity contribution in [2.45, 2.75) is 45.6 Å². The lowest BCUT2D eigenvalue weighted by atomic mass is 9.89. The van der Waals surface area contributed by atoms with Crippen molar-refractivity contribution in [1.29, 1.82) is 0 Å². The summed E-state index contributed by atoms with van der Waals surface area (Å²) in [6.45, 7) is 6.48. The van der Waals surface area contributed by atoms with Crippen LogP contribution in [0.25, 0.3) is 0 Å². The van der Waals surface area contributed by atoms with Crippen LogP contribution in [0.4, 0.5) is 0 Å². The summed E-state index contributed by atoms with van der Waals surface area (Å²) >= 11 is 0. The molecular weight excluding hydrogens is 334 g/mol. The number of rotatable bonds is 5. The van der Waals surface area contributed by atoms with Gasteiger partial charge in [-0.25, -0.2) is 0 Å². The summed E-state index contributed by atoms with van der Waals surface area (Å²) in [5.41, 5.74) is 1.03. The van der Waals surface area contributed by atoms with E-state index in [4.69, 9.17) is 9.26 Å². The van der Waals surface area contributed by atoms with E-state index in [0.29, 0.717) is 30.4 Å². The maximum Gasteiger partial charge on any atom is 0.260 e. The number of likely N-dealkylation sites (tertiary alicyclic amines) is 1. The summed E-state index contributed by atoms with van der Waals surface area (Å²) in [4.78, 5) is 18.3. The largest absolute Gasteiger partial charge is 0.483 e. The fraction of sp³-hybridized carbons (Fsp3) is 0.526. The summed E-state index contributed by atoms with van der Waals surface area (Å²) in [7, 11) is 0. The van der Waals surface area contributed by atoms with Gasteiger partial charge in [0.25, 0.3) is 5.91 Å². The van der Waals surface area contributed by atoms with E-state index in [1.807, 2.05) is 32.0 Å². The van der Waals surface area contributed by atoms with Crippen LogP contribution in [0.15, 0.2) is 22.7 Å². The minimum Gasteiger partial charge on any atom is -0.483 e. The van der Waals surface area contributed by atoms with Gasteiger partial charge in [-0.3, -0.25) is 4.79 Å². The molecule has 1 aromatic heterocycles. The summed E-state index contributed by atoms with van der Waals surface area (Å²) in [6, 6.07) is 5.91. The molecule has 1 N–H and O–H groups in total. The minimum absolute atomic E-state index is 0.0416. The molecule has 1 aliphatic rings. The first-order valence-electron chi connectivity index (χ1n) is 8.84. The summed E-state index contributed by atoms with van der Waals surface area (Å²) in [6.07, 6.45) is 1.56. The molecule has 2 aromatic rings. The number of hydrogen-bond acceptors (Lipinski definition) is 6. The number of aromatic nitrogens is 2. The lowest BCUT2D eigenvalue weighted by Gasteiger charge is -2.38. The molecular formula is C19H25N3O4. The van der Waals surface area contributed by atoms with Crippen LogP contribution >= 0.6 is 0 Å². The van der Waals surface area contributed by atoms with Crippen molar-refractivity contribution in [3.05, 3.63) is 41.0 Å². The van der Waals surface area contributed by atoms with E-state index in [2.05, 4.69) is 10.1 Å². The third-order valence-corrected chi connectivity index (χ3v) is 4.65. The Morgan fingerprint density at radius 2 is 2.19 bits per heavy atom. The zero-order valence-electron chi connectivity index (χ0n) is 15.5. The average Bonchev–Trinajstić information content (AvgIpc) is 2.99. The molecule has 26 heavy (non-hydrogen) atoms. The van der Waals surface area contributed by atoms with Crippen LogP contribution in [0.1, 0.15) is 35.7 Å². The number of hydrogen-bond donors (Lipinski definition) is 1. The Bertz CT molecular complexity index is 789. The first-order chi connectivity index (χ1) is 12.3. The number of benzene rings is 1. The molecule has 1 saturated heterocycles. The number of nitrogens with zero attached hydrogens (tertiary/aromatic N) is 3. The van der Waals surface area contributed by atoms with Gasteiger partial charge < -0.3 is 19.3 Å². The summed E-state index contributed by atoms with van der Waals surface area (Å²) in [5.74, 6) is 1.51. The summed E-state index contributed by atoms with van der Waals surface area (Å²) in [5, 5.41) is 14.6. The molecule has 1 unspecified atom stereocenters. The van der Waals surface area contributed by atoms with Gasteiger partial charge in [-0.1, -0.05) is 17.3 Å². The molecule has 1 aromatic carbocycles. The third kappa shape index (κ3) is 4.40. The molecule has 0 aliphatic carbocycles. The molecule has 0 bridgehead atoms. The second-order valence-corrected chi connectivity index (χ2v) is 7.11. The van der Waals surface area contributed by atoms with Crippen molar-refractivity contribution >= 4 is 5.91 Å². The maximum atomic E-state index is 12.6. The number of carbonyl (C=O) groups excluding carboxylic acids is 1. The van der Waals surface area contributed by atoms with Crippen LogP contribution in [-0.2, 0) is 11.2 Å². The van der Waals surface area contributed by atoms with Crippen LogP contribution in [0.3, 0.4) is 0 Å². The van der Waals surface area contributed by atoms with Crippen LogP contribution < -0.4 is 4.74 Å². The fourth-order valence-corrected chi connectivity index (χ4v) is 3.26. The Balaban J connectivity index is 1.59. The SMILES string of the molecule is Cc1ccc(C)c(OCC(=O)N2CCCC(O)(Cc3nc(C)no3)C2)c1. The first-order valence-corrected chi connectivity index (χ1v) is 8.84. The molecule has 0 radical (unpaired) electrons. The molecule has 3 rings (SSSR count). The fourth-order valence-electron chi connectivity index (χ4n) is 3.26. The quantitative estimate of drug-likeness (QED) is 0.878. The number of β-amino-alcohol motifs (C(OH)–C–C–N with tert-alkyl or cyclic N) is 1. The molecule has 7 heteroatoms. The molecule has 0 saturated carbocycles. The Hall–Kier alpha value is -2.41. The smallest absolute Gasteiger partial charge is 0.260 e. The van der Waals surface area contributed by atoms with E-state index in [0.717, 1.165) is 17.5 Å². The van der Waals surface area contributed by atoms with Gasteiger partial charge in [0.15, 0.2) is 12.4 Å². The van der Waals surface area contributed by atoms with Gasteiger partial charge in [0.1, 0.15) is 5.75 Å². The molecule has 0 spiro atoms. The van der Waals surface area contributed by atoms with Crippen molar-refractivity contribution in [1.82, 2.24) is 15.0 Å². The van der Waals surface area contributed by atoms with E-state index in [1.165, 1.54) is 0 Å². The Labute approximate surface area is 153 Å². The number of ether oxygens (including phenoxy) is 1. The van der Waals surface area contributed by atoms with E-state index in [1.54, 1.807) is 11.8 Å². The van der Waals surface area contributed by atoms with Crippen LogP contribution in [0.2, 0.25) is 0 Å². The van der Waals surface area contributed by atoms with Crippen molar-refractivity contribution < 1.29 is 19.2 Å². The Kier molecular flexibility index (Phi) is 5.27. The van der Waals surface area contributed by atoms with Crippen LogP contribution in [0.5, 0.6) is 5.75 Å².